The van der Waals surface area contributed by atoms with Gasteiger partial charge in [-0.25, -0.2) is 0 Å². The van der Waals surface area contributed by atoms with Crippen molar-refractivity contribution in [1.82, 2.24) is 5.32 Å². The molecule has 0 amide bonds. The SMILES string of the molecule is CCNC1CCCC1S(=O)c1ccc(C)c(C)c1. The summed E-state index contributed by atoms with van der Waals surface area (Å²) in [5.74, 6) is 0. The van der Waals surface area contributed by atoms with E-state index < -0.39 is 10.8 Å². The molecule has 3 atom stereocenters. The number of rotatable bonds is 4. The Morgan fingerprint density at radius 1 is 1.28 bits per heavy atom. The molecule has 0 aliphatic heterocycles. The summed E-state index contributed by atoms with van der Waals surface area (Å²) in [6.07, 6.45) is 3.44. The van der Waals surface area contributed by atoms with Crippen LogP contribution in [0.3, 0.4) is 0 Å². The van der Waals surface area contributed by atoms with Crippen LogP contribution in [0.1, 0.15) is 37.3 Å². The molecule has 2 rings (SSSR count). The molecule has 2 nitrogen and oxygen atoms in total. The van der Waals surface area contributed by atoms with Crippen molar-refractivity contribution < 1.29 is 4.21 Å². The van der Waals surface area contributed by atoms with Crippen LogP contribution in [0.25, 0.3) is 0 Å². The second-order valence-corrected chi connectivity index (χ2v) is 6.85. The van der Waals surface area contributed by atoms with Crippen LogP contribution in [0.5, 0.6) is 0 Å². The first-order valence-corrected chi connectivity index (χ1v) is 8.06. The Kier molecular flexibility index (Phi) is 4.57. The number of aryl methyl sites for hydroxylation is 2. The molecule has 0 aromatic heterocycles. The largest absolute Gasteiger partial charge is 0.313 e. The molecule has 1 aromatic carbocycles. The fourth-order valence-corrected chi connectivity index (χ4v) is 4.45. The van der Waals surface area contributed by atoms with Gasteiger partial charge in [-0.3, -0.25) is 4.21 Å². The van der Waals surface area contributed by atoms with Crippen LogP contribution in [-0.4, -0.2) is 22.0 Å². The number of nitrogens with one attached hydrogen (secondary N) is 1. The van der Waals surface area contributed by atoms with Crippen molar-refractivity contribution in [3.05, 3.63) is 29.3 Å². The molecule has 1 saturated carbocycles. The maximum absolute atomic E-state index is 12.7. The predicted octanol–water partition coefficient (Wildman–Crippen LogP) is 2.94. The standard InChI is InChI=1S/C15H23NOS/c1-4-16-14-6-5-7-15(14)18(17)13-9-8-11(2)12(3)10-13/h8-10,14-16H,4-7H2,1-3H3. The minimum atomic E-state index is -0.871. The fraction of sp³-hybridized carbons (Fsp3) is 0.600. The average Bonchev–Trinajstić information content (AvgIpc) is 2.80. The number of benzene rings is 1. The van der Waals surface area contributed by atoms with Crippen molar-refractivity contribution in [3.8, 4) is 0 Å². The molecule has 1 fully saturated rings. The van der Waals surface area contributed by atoms with E-state index >= 15 is 0 Å². The lowest BCUT2D eigenvalue weighted by Gasteiger charge is -2.20. The van der Waals surface area contributed by atoms with Crippen LogP contribution in [0.15, 0.2) is 23.1 Å². The van der Waals surface area contributed by atoms with E-state index in [1.807, 2.05) is 6.07 Å². The summed E-state index contributed by atoms with van der Waals surface area (Å²) in [5, 5.41) is 3.76. The Labute approximate surface area is 113 Å². The van der Waals surface area contributed by atoms with Gasteiger partial charge in [-0.1, -0.05) is 19.4 Å². The highest BCUT2D eigenvalue weighted by atomic mass is 32.2. The lowest BCUT2D eigenvalue weighted by atomic mass is 10.1. The summed E-state index contributed by atoms with van der Waals surface area (Å²) in [6, 6.07) is 6.63. The summed E-state index contributed by atoms with van der Waals surface area (Å²) in [7, 11) is -0.871. The first-order valence-electron chi connectivity index (χ1n) is 6.84. The summed E-state index contributed by atoms with van der Waals surface area (Å²) in [4.78, 5) is 0.993. The molecule has 18 heavy (non-hydrogen) atoms. The molecule has 0 saturated heterocycles. The maximum atomic E-state index is 12.7. The molecule has 3 unspecified atom stereocenters. The van der Waals surface area contributed by atoms with Gasteiger partial charge in [-0.2, -0.15) is 0 Å². The van der Waals surface area contributed by atoms with E-state index in [-0.39, 0.29) is 5.25 Å². The topological polar surface area (TPSA) is 29.1 Å². The molecule has 0 radical (unpaired) electrons. The summed E-state index contributed by atoms with van der Waals surface area (Å²) < 4.78 is 12.7. The minimum Gasteiger partial charge on any atom is -0.313 e. The molecule has 1 N–H and O–H groups in total. The van der Waals surface area contributed by atoms with Gasteiger partial charge < -0.3 is 5.32 Å². The lowest BCUT2D eigenvalue weighted by Crippen LogP contribution is -2.37. The lowest BCUT2D eigenvalue weighted by molar-refractivity contribution is 0.541. The third-order valence-corrected chi connectivity index (χ3v) is 5.74. The maximum Gasteiger partial charge on any atom is 0.0576 e. The van der Waals surface area contributed by atoms with E-state index in [0.717, 1.165) is 24.3 Å². The number of hydrogen-bond acceptors (Lipinski definition) is 2. The van der Waals surface area contributed by atoms with E-state index in [2.05, 4.69) is 38.2 Å². The summed E-state index contributed by atoms with van der Waals surface area (Å²) in [5.41, 5.74) is 2.50. The second-order valence-electron chi connectivity index (χ2n) is 5.18. The number of hydrogen-bond donors (Lipinski definition) is 1. The highest BCUT2D eigenvalue weighted by molar-refractivity contribution is 7.85. The van der Waals surface area contributed by atoms with Crippen LogP contribution in [0.4, 0.5) is 0 Å². The molecule has 3 heteroatoms. The van der Waals surface area contributed by atoms with Gasteiger partial charge >= 0.3 is 0 Å². The third kappa shape index (κ3) is 2.83. The van der Waals surface area contributed by atoms with Gasteiger partial charge in [0.15, 0.2) is 0 Å². The molecule has 1 aromatic rings. The van der Waals surface area contributed by atoms with Crippen LogP contribution in [0.2, 0.25) is 0 Å². The van der Waals surface area contributed by atoms with Crippen LogP contribution in [0, 0.1) is 13.8 Å². The molecule has 0 bridgehead atoms. The highest BCUT2D eigenvalue weighted by Crippen LogP contribution is 2.28. The third-order valence-electron chi connectivity index (χ3n) is 3.90. The van der Waals surface area contributed by atoms with Gasteiger partial charge in [0.05, 0.1) is 16.0 Å². The Balaban J connectivity index is 2.17. The monoisotopic (exact) mass is 265 g/mol. The molecule has 1 aliphatic carbocycles. The molecular weight excluding hydrogens is 242 g/mol. The Morgan fingerprint density at radius 3 is 2.72 bits per heavy atom. The first kappa shape index (κ1) is 13.8. The van der Waals surface area contributed by atoms with Crippen LogP contribution >= 0.6 is 0 Å². The van der Waals surface area contributed by atoms with Gasteiger partial charge in [0.1, 0.15) is 0 Å². The van der Waals surface area contributed by atoms with Crippen LogP contribution < -0.4 is 5.32 Å². The highest BCUT2D eigenvalue weighted by Gasteiger charge is 2.31. The van der Waals surface area contributed by atoms with Gasteiger partial charge in [-0.15, -0.1) is 0 Å². The van der Waals surface area contributed by atoms with Gasteiger partial charge in [0, 0.05) is 10.9 Å². The van der Waals surface area contributed by atoms with Crippen molar-refractivity contribution in [2.45, 2.75) is 56.2 Å². The van der Waals surface area contributed by atoms with Crippen molar-refractivity contribution in [2.75, 3.05) is 6.54 Å². The van der Waals surface area contributed by atoms with E-state index in [1.54, 1.807) is 0 Å². The first-order chi connectivity index (χ1) is 8.63. The van der Waals surface area contributed by atoms with Crippen LogP contribution in [-0.2, 0) is 10.8 Å². The van der Waals surface area contributed by atoms with Crippen molar-refractivity contribution in [2.24, 2.45) is 0 Å². The molecule has 0 heterocycles. The zero-order valence-electron chi connectivity index (χ0n) is 11.5. The summed E-state index contributed by atoms with van der Waals surface area (Å²) >= 11 is 0. The smallest absolute Gasteiger partial charge is 0.0576 e. The molecule has 100 valence electrons. The summed E-state index contributed by atoms with van der Waals surface area (Å²) in [6.45, 7) is 7.27. The van der Waals surface area contributed by atoms with Gasteiger partial charge in [0.2, 0.25) is 0 Å². The van der Waals surface area contributed by atoms with E-state index in [9.17, 15) is 4.21 Å². The van der Waals surface area contributed by atoms with E-state index in [4.69, 9.17) is 0 Å². The predicted molar refractivity (Wildman–Crippen MR) is 77.4 cm³/mol. The molecular formula is C15H23NOS. The van der Waals surface area contributed by atoms with Crippen molar-refractivity contribution in [1.29, 1.82) is 0 Å². The Bertz CT molecular complexity index is 444. The zero-order chi connectivity index (χ0) is 13.1. The minimum absolute atomic E-state index is 0.284. The second kappa shape index (κ2) is 5.98. The van der Waals surface area contributed by atoms with E-state index in [1.165, 1.54) is 17.5 Å². The Morgan fingerprint density at radius 2 is 2.06 bits per heavy atom. The quantitative estimate of drug-likeness (QED) is 0.907. The normalized spacial score (nSPS) is 25.3. The molecule has 0 spiro atoms. The Hall–Kier alpha value is -0.670. The molecule has 1 aliphatic rings. The van der Waals surface area contributed by atoms with Crippen molar-refractivity contribution >= 4 is 10.8 Å². The zero-order valence-corrected chi connectivity index (χ0v) is 12.3. The van der Waals surface area contributed by atoms with E-state index in [0.29, 0.717) is 6.04 Å². The average molecular weight is 265 g/mol. The fourth-order valence-electron chi connectivity index (χ4n) is 2.69. The van der Waals surface area contributed by atoms with Gasteiger partial charge in [0.25, 0.3) is 0 Å². The van der Waals surface area contributed by atoms with Crippen molar-refractivity contribution in [3.63, 3.8) is 0 Å². The van der Waals surface area contributed by atoms with Gasteiger partial charge in [-0.05, 0) is 56.5 Å².